The first-order valence-electron chi connectivity index (χ1n) is 7.23. The second-order valence-electron chi connectivity index (χ2n) is 7.01. The zero-order chi connectivity index (χ0) is 16.3. The molecule has 1 saturated heterocycles. The number of hydrogen-bond acceptors (Lipinski definition) is 4. The van der Waals surface area contributed by atoms with Crippen molar-refractivity contribution in [2.45, 2.75) is 52.1 Å². The van der Waals surface area contributed by atoms with Crippen molar-refractivity contribution in [3.8, 4) is 12.3 Å². The van der Waals surface area contributed by atoms with Crippen LogP contribution < -0.4 is 5.73 Å². The van der Waals surface area contributed by atoms with Crippen LogP contribution >= 0.6 is 0 Å². The molecule has 0 aromatic heterocycles. The summed E-state index contributed by atoms with van der Waals surface area (Å²) in [7, 11) is -3.04. The summed E-state index contributed by atoms with van der Waals surface area (Å²) in [5.41, 5.74) is 6.08. The summed E-state index contributed by atoms with van der Waals surface area (Å²) in [4.78, 5) is 13.9. The molecule has 0 radical (unpaired) electrons. The highest BCUT2D eigenvalue weighted by molar-refractivity contribution is 7.91. The van der Waals surface area contributed by atoms with Gasteiger partial charge in [-0.25, -0.2) is 8.42 Å². The van der Waals surface area contributed by atoms with Gasteiger partial charge >= 0.3 is 0 Å². The van der Waals surface area contributed by atoms with E-state index in [0.29, 0.717) is 6.42 Å². The summed E-state index contributed by atoms with van der Waals surface area (Å²) in [5.74, 6) is 2.43. The molecule has 6 heteroatoms. The Morgan fingerprint density at radius 3 is 2.52 bits per heavy atom. The van der Waals surface area contributed by atoms with Gasteiger partial charge in [-0.3, -0.25) is 4.79 Å². The van der Waals surface area contributed by atoms with E-state index in [1.165, 1.54) is 4.90 Å². The number of hydrogen-bond donors (Lipinski definition) is 1. The Kier molecular flexibility index (Phi) is 5.83. The fourth-order valence-corrected chi connectivity index (χ4v) is 4.47. The van der Waals surface area contributed by atoms with Gasteiger partial charge in [0.1, 0.15) is 0 Å². The summed E-state index contributed by atoms with van der Waals surface area (Å²) < 4.78 is 23.1. The van der Waals surface area contributed by atoms with Gasteiger partial charge in [0.2, 0.25) is 5.91 Å². The van der Waals surface area contributed by atoms with E-state index in [9.17, 15) is 13.2 Å². The van der Waals surface area contributed by atoms with Crippen molar-refractivity contribution in [2.24, 2.45) is 11.1 Å². The second kappa shape index (κ2) is 6.80. The van der Waals surface area contributed by atoms with E-state index < -0.39 is 9.84 Å². The van der Waals surface area contributed by atoms with Gasteiger partial charge in [-0.15, -0.1) is 6.42 Å². The molecule has 5 nitrogen and oxygen atoms in total. The van der Waals surface area contributed by atoms with Crippen molar-refractivity contribution in [2.75, 3.05) is 18.1 Å². The molecular formula is C15H26N2O3S. The van der Waals surface area contributed by atoms with Crippen LogP contribution in [-0.4, -0.2) is 49.4 Å². The Balaban J connectivity index is 2.69. The number of sulfone groups is 1. The fraction of sp³-hybridized carbons (Fsp3) is 0.800. The third-order valence-corrected chi connectivity index (χ3v) is 5.29. The van der Waals surface area contributed by atoms with E-state index in [0.717, 1.165) is 6.42 Å². The molecule has 2 unspecified atom stereocenters. The average Bonchev–Trinajstić information content (AvgIpc) is 2.63. The van der Waals surface area contributed by atoms with Gasteiger partial charge in [-0.1, -0.05) is 26.7 Å². The van der Waals surface area contributed by atoms with Crippen LogP contribution in [0.15, 0.2) is 0 Å². The number of rotatable bonds is 5. The van der Waals surface area contributed by atoms with Crippen LogP contribution in [0.5, 0.6) is 0 Å². The minimum Gasteiger partial charge on any atom is -0.327 e. The van der Waals surface area contributed by atoms with Crippen molar-refractivity contribution in [3.63, 3.8) is 0 Å². The molecule has 1 heterocycles. The molecule has 0 spiro atoms. The molecule has 21 heavy (non-hydrogen) atoms. The average molecular weight is 314 g/mol. The lowest BCUT2D eigenvalue weighted by atomic mass is 9.87. The monoisotopic (exact) mass is 314 g/mol. The largest absolute Gasteiger partial charge is 0.327 e. The standard InChI is InChI=1S/C15H26N2O3S/c1-5-7-17(13-6-8-21(19,20)11-13)14(18)9-12(16)10-15(2,3)4/h1,12-13H,6-11,16H2,2-4H3. The number of nitrogens with two attached hydrogens (primary N) is 1. The van der Waals surface area contributed by atoms with Gasteiger partial charge in [0, 0.05) is 18.5 Å². The van der Waals surface area contributed by atoms with Crippen molar-refractivity contribution in [3.05, 3.63) is 0 Å². The van der Waals surface area contributed by atoms with E-state index in [4.69, 9.17) is 12.2 Å². The molecule has 1 rings (SSSR count). The zero-order valence-corrected chi connectivity index (χ0v) is 13.9. The van der Waals surface area contributed by atoms with Crippen LogP contribution in [0.2, 0.25) is 0 Å². The quantitative estimate of drug-likeness (QED) is 0.761. The Morgan fingerprint density at radius 1 is 1.48 bits per heavy atom. The lowest BCUT2D eigenvalue weighted by Gasteiger charge is -2.29. The molecule has 0 bridgehead atoms. The van der Waals surface area contributed by atoms with Crippen molar-refractivity contribution in [1.82, 2.24) is 4.90 Å². The molecule has 0 aromatic carbocycles. The fourth-order valence-electron chi connectivity index (χ4n) is 2.74. The minimum atomic E-state index is -3.04. The number of amides is 1. The van der Waals surface area contributed by atoms with Crippen molar-refractivity contribution in [1.29, 1.82) is 0 Å². The maximum absolute atomic E-state index is 12.4. The first-order valence-corrected chi connectivity index (χ1v) is 9.05. The molecule has 1 aliphatic heterocycles. The second-order valence-corrected chi connectivity index (χ2v) is 9.24. The summed E-state index contributed by atoms with van der Waals surface area (Å²) >= 11 is 0. The highest BCUT2D eigenvalue weighted by Crippen LogP contribution is 2.23. The van der Waals surface area contributed by atoms with Crippen LogP contribution in [-0.2, 0) is 14.6 Å². The third-order valence-electron chi connectivity index (χ3n) is 3.54. The normalized spacial score (nSPS) is 22.5. The maximum atomic E-state index is 12.4. The van der Waals surface area contributed by atoms with Crippen molar-refractivity contribution < 1.29 is 13.2 Å². The molecule has 1 fully saturated rings. The highest BCUT2D eigenvalue weighted by atomic mass is 32.2. The Morgan fingerprint density at radius 2 is 2.10 bits per heavy atom. The maximum Gasteiger partial charge on any atom is 0.225 e. The molecule has 0 saturated carbocycles. The Labute approximate surface area is 128 Å². The van der Waals surface area contributed by atoms with Crippen LogP contribution in [0.25, 0.3) is 0 Å². The number of carbonyl (C=O) groups is 1. The first kappa shape index (κ1) is 18.0. The predicted octanol–water partition coefficient (Wildman–Crippen LogP) is 0.789. The van der Waals surface area contributed by atoms with Crippen LogP contribution in [0.3, 0.4) is 0 Å². The number of carbonyl (C=O) groups excluding carboxylic acids is 1. The summed E-state index contributed by atoms with van der Waals surface area (Å²) in [6, 6.07) is -0.545. The van der Waals surface area contributed by atoms with Gasteiger partial charge in [-0.2, -0.15) is 0 Å². The number of terminal acetylenes is 1. The molecule has 2 atom stereocenters. The smallest absolute Gasteiger partial charge is 0.225 e. The summed E-state index contributed by atoms with van der Waals surface area (Å²) in [5, 5.41) is 0. The van der Waals surface area contributed by atoms with Gasteiger partial charge in [-0.05, 0) is 18.3 Å². The van der Waals surface area contributed by atoms with Crippen LogP contribution in [0, 0.1) is 17.8 Å². The number of nitrogens with zero attached hydrogens (tertiary/aromatic N) is 1. The van der Waals surface area contributed by atoms with E-state index in [-0.39, 0.29) is 47.9 Å². The SMILES string of the molecule is C#CCN(C(=O)CC(N)CC(C)(C)C)C1CCS(=O)(=O)C1. The lowest BCUT2D eigenvalue weighted by Crippen LogP contribution is -2.44. The Hall–Kier alpha value is -1.06. The van der Waals surface area contributed by atoms with Crippen molar-refractivity contribution >= 4 is 15.7 Å². The molecule has 120 valence electrons. The first-order chi connectivity index (χ1) is 9.54. The highest BCUT2D eigenvalue weighted by Gasteiger charge is 2.34. The molecular weight excluding hydrogens is 288 g/mol. The molecule has 1 aliphatic rings. The van der Waals surface area contributed by atoms with E-state index in [1.54, 1.807) is 0 Å². The predicted molar refractivity (Wildman–Crippen MR) is 84.3 cm³/mol. The van der Waals surface area contributed by atoms with E-state index >= 15 is 0 Å². The van der Waals surface area contributed by atoms with Gasteiger partial charge in [0.05, 0.1) is 18.1 Å². The van der Waals surface area contributed by atoms with Crippen LogP contribution in [0.4, 0.5) is 0 Å². The van der Waals surface area contributed by atoms with E-state index in [1.807, 2.05) is 0 Å². The zero-order valence-electron chi connectivity index (χ0n) is 13.1. The lowest BCUT2D eigenvalue weighted by molar-refractivity contribution is -0.132. The Bertz CT molecular complexity index is 514. The van der Waals surface area contributed by atoms with Crippen LogP contribution in [0.1, 0.15) is 40.0 Å². The van der Waals surface area contributed by atoms with Gasteiger partial charge < -0.3 is 10.6 Å². The van der Waals surface area contributed by atoms with Gasteiger partial charge in [0.25, 0.3) is 0 Å². The summed E-state index contributed by atoms with van der Waals surface area (Å²) in [6.07, 6.45) is 6.70. The molecule has 0 aliphatic carbocycles. The van der Waals surface area contributed by atoms with E-state index in [2.05, 4.69) is 26.7 Å². The van der Waals surface area contributed by atoms with Gasteiger partial charge in [0.15, 0.2) is 9.84 Å². The summed E-state index contributed by atoms with van der Waals surface area (Å²) in [6.45, 7) is 6.35. The molecule has 0 aromatic rings. The third kappa shape index (κ3) is 6.06. The molecule has 2 N–H and O–H groups in total. The minimum absolute atomic E-state index is 0.00886. The topological polar surface area (TPSA) is 80.5 Å². The molecule has 1 amide bonds.